The Kier molecular flexibility index (Phi) is 7.12. The third kappa shape index (κ3) is 5.54. The topological polar surface area (TPSA) is 95.6 Å². The molecule has 8 nitrogen and oxygen atoms in total. The van der Waals surface area contributed by atoms with Crippen molar-refractivity contribution in [3.8, 4) is 0 Å². The van der Waals surface area contributed by atoms with E-state index in [1.807, 2.05) is 0 Å². The van der Waals surface area contributed by atoms with Crippen molar-refractivity contribution in [2.75, 3.05) is 23.3 Å². The number of halogens is 8. The molecule has 2 N–H and O–H groups in total. The average Bonchev–Trinajstić information content (AvgIpc) is 3.35. The van der Waals surface area contributed by atoms with Gasteiger partial charge in [-0.25, -0.2) is 37.3 Å². The third-order valence-corrected chi connectivity index (χ3v) is 6.97. The summed E-state index contributed by atoms with van der Waals surface area (Å²) in [5, 5.41) is 12.2. The fourth-order valence-corrected chi connectivity index (χ4v) is 4.87. The molecule has 1 atom stereocenters. The summed E-state index contributed by atoms with van der Waals surface area (Å²) in [6.07, 6.45) is -8.40. The number of alkyl halides is 7. The number of nitrogens with one attached hydrogen (secondary N) is 1. The van der Waals surface area contributed by atoms with E-state index in [4.69, 9.17) is 11.6 Å². The molecule has 0 spiro atoms. The molecule has 1 fully saturated rings. The van der Waals surface area contributed by atoms with Crippen molar-refractivity contribution in [1.82, 2.24) is 19.4 Å². The number of hydrogen-bond donors (Lipinski definition) is 2. The van der Waals surface area contributed by atoms with Crippen LogP contribution in [0.15, 0.2) is 30.5 Å². The number of carboxylic acids is 1. The highest BCUT2D eigenvalue weighted by molar-refractivity contribution is 6.29. The molecule has 41 heavy (non-hydrogen) atoms. The summed E-state index contributed by atoms with van der Waals surface area (Å²) in [6, 6.07) is 3.77. The molecule has 0 radical (unpaired) electrons. The van der Waals surface area contributed by atoms with Crippen molar-refractivity contribution in [2.45, 2.75) is 44.3 Å². The molecule has 0 unspecified atom stereocenters. The molecule has 1 saturated heterocycles. The van der Waals surface area contributed by atoms with Crippen LogP contribution >= 0.6 is 11.6 Å². The predicted octanol–water partition coefficient (Wildman–Crippen LogP) is 6.99. The van der Waals surface area contributed by atoms with Crippen LogP contribution in [-0.2, 0) is 6.18 Å². The maximum Gasteiger partial charge on any atom is 0.434 e. The van der Waals surface area contributed by atoms with Gasteiger partial charge in [0.15, 0.2) is 11.4 Å². The summed E-state index contributed by atoms with van der Waals surface area (Å²) >= 11 is 5.81. The molecule has 4 aromatic rings. The minimum Gasteiger partial charge on any atom is -0.476 e. The van der Waals surface area contributed by atoms with E-state index in [0.29, 0.717) is 6.20 Å². The molecule has 3 aromatic heterocycles. The van der Waals surface area contributed by atoms with Crippen molar-refractivity contribution in [2.24, 2.45) is 0 Å². The molecular formula is C25H20ClF7N6O2. The summed E-state index contributed by atoms with van der Waals surface area (Å²) in [7, 11) is 0. The second kappa shape index (κ2) is 10.2. The van der Waals surface area contributed by atoms with Crippen LogP contribution in [0.4, 0.5) is 42.4 Å². The van der Waals surface area contributed by atoms with Crippen LogP contribution in [-0.4, -0.2) is 49.4 Å². The zero-order chi connectivity index (χ0) is 29.9. The van der Waals surface area contributed by atoms with Crippen molar-refractivity contribution in [3.63, 3.8) is 0 Å². The number of carboxylic acid groups (broad SMARTS) is 1. The Labute approximate surface area is 231 Å². The summed E-state index contributed by atoms with van der Waals surface area (Å²) in [6.45, 7) is 1.05. The van der Waals surface area contributed by atoms with E-state index in [2.05, 4.69) is 20.3 Å². The van der Waals surface area contributed by atoms with Crippen molar-refractivity contribution < 1.29 is 40.6 Å². The first-order valence-corrected chi connectivity index (χ1v) is 12.5. The van der Waals surface area contributed by atoms with E-state index >= 15 is 0 Å². The lowest BCUT2D eigenvalue weighted by Crippen LogP contribution is -2.40. The highest BCUT2D eigenvalue weighted by Gasteiger charge is 2.38. The number of hydrogen-bond acceptors (Lipinski definition) is 6. The van der Waals surface area contributed by atoms with E-state index in [-0.39, 0.29) is 52.0 Å². The molecule has 1 aliphatic rings. The fourth-order valence-electron chi connectivity index (χ4n) is 4.73. The summed E-state index contributed by atoms with van der Waals surface area (Å²) < 4.78 is 97.8. The lowest BCUT2D eigenvalue weighted by Gasteiger charge is -2.33. The van der Waals surface area contributed by atoms with Gasteiger partial charge in [-0.1, -0.05) is 11.6 Å². The van der Waals surface area contributed by atoms with Gasteiger partial charge in [0, 0.05) is 48.6 Å². The quantitative estimate of drug-likeness (QED) is 0.181. The molecule has 0 bridgehead atoms. The Bertz CT molecular complexity index is 1650. The fraction of sp³-hybridized carbons (Fsp3) is 0.360. The Morgan fingerprint density at radius 1 is 1.12 bits per heavy atom. The molecule has 1 aromatic carbocycles. The van der Waals surface area contributed by atoms with E-state index in [0.717, 1.165) is 16.5 Å². The maximum absolute atomic E-state index is 14.0. The molecule has 218 valence electrons. The van der Waals surface area contributed by atoms with Gasteiger partial charge in [0.2, 0.25) is 5.95 Å². The molecular weight excluding hydrogens is 585 g/mol. The Morgan fingerprint density at radius 2 is 1.80 bits per heavy atom. The van der Waals surface area contributed by atoms with Crippen LogP contribution in [0.1, 0.15) is 59.5 Å². The molecule has 16 heteroatoms. The van der Waals surface area contributed by atoms with Gasteiger partial charge in [-0.15, -0.1) is 0 Å². The molecule has 0 aliphatic carbocycles. The van der Waals surface area contributed by atoms with E-state index in [1.165, 1.54) is 24.0 Å². The number of carbonyl (C=O) groups is 1. The van der Waals surface area contributed by atoms with Gasteiger partial charge in [-0.2, -0.15) is 13.2 Å². The van der Waals surface area contributed by atoms with Gasteiger partial charge in [-0.3, -0.25) is 4.40 Å². The molecule has 0 amide bonds. The van der Waals surface area contributed by atoms with Crippen LogP contribution < -0.4 is 10.2 Å². The summed E-state index contributed by atoms with van der Waals surface area (Å²) in [4.78, 5) is 25.0. The first-order valence-electron chi connectivity index (χ1n) is 12.2. The smallest absolute Gasteiger partial charge is 0.434 e. The standard InChI is InChI=1S/C25H20ClF7N6O2/c1-11(34-15-2-3-17(26)36-19(15)22(40)41)13-8-12(20(27)28)9-14-18(13)37-23(38-6-4-24(29,30)5-7-38)39-10-16(25(31,32)33)35-21(14)39/h2-3,8-11,20,34H,4-7H2,1H3,(H,40,41)/t11-/m1/s1. The molecule has 5 rings (SSSR count). The lowest BCUT2D eigenvalue weighted by molar-refractivity contribution is -0.140. The van der Waals surface area contributed by atoms with Crippen molar-refractivity contribution in [1.29, 1.82) is 0 Å². The number of piperidine rings is 1. The van der Waals surface area contributed by atoms with Gasteiger partial charge < -0.3 is 15.3 Å². The van der Waals surface area contributed by atoms with Gasteiger partial charge in [0.05, 0.1) is 17.2 Å². The Balaban J connectivity index is 1.74. The van der Waals surface area contributed by atoms with E-state index in [9.17, 15) is 40.6 Å². The molecule has 4 heterocycles. The largest absolute Gasteiger partial charge is 0.476 e. The lowest BCUT2D eigenvalue weighted by atomic mass is 10.00. The van der Waals surface area contributed by atoms with Crippen LogP contribution in [0.5, 0.6) is 0 Å². The number of benzene rings is 1. The zero-order valence-electron chi connectivity index (χ0n) is 21.0. The number of rotatable bonds is 6. The van der Waals surface area contributed by atoms with Crippen LogP contribution in [0, 0.1) is 0 Å². The number of fused-ring (bicyclic) bond motifs is 3. The first kappa shape index (κ1) is 28.6. The Hall–Kier alpha value is -3.88. The summed E-state index contributed by atoms with van der Waals surface area (Å²) in [5.74, 6) is -4.50. The highest BCUT2D eigenvalue weighted by Crippen LogP contribution is 2.38. The van der Waals surface area contributed by atoms with Gasteiger partial charge in [-0.05, 0) is 31.2 Å². The summed E-state index contributed by atoms with van der Waals surface area (Å²) in [5.41, 5.74) is -2.61. The minimum atomic E-state index is -4.89. The average molecular weight is 605 g/mol. The van der Waals surface area contributed by atoms with Gasteiger partial charge >= 0.3 is 12.1 Å². The minimum absolute atomic E-state index is 0.00951. The number of pyridine rings is 1. The monoisotopic (exact) mass is 604 g/mol. The third-order valence-electron chi connectivity index (χ3n) is 6.76. The number of aromatic carboxylic acids is 1. The molecule has 0 saturated carbocycles. The SMILES string of the molecule is C[C@@H](Nc1ccc(Cl)nc1C(=O)O)c1cc(C(F)F)cc2c1nc(N1CCC(F)(F)CC1)n1cc(C(F)(F)F)nc21. The predicted molar refractivity (Wildman–Crippen MR) is 135 cm³/mol. The van der Waals surface area contributed by atoms with Gasteiger partial charge in [0.25, 0.3) is 12.3 Å². The Morgan fingerprint density at radius 3 is 2.41 bits per heavy atom. The molecule has 1 aliphatic heterocycles. The second-order valence-electron chi connectivity index (χ2n) is 9.58. The van der Waals surface area contributed by atoms with E-state index in [1.54, 1.807) is 0 Å². The van der Waals surface area contributed by atoms with Crippen molar-refractivity contribution in [3.05, 3.63) is 58.1 Å². The normalized spacial score (nSPS) is 16.5. The van der Waals surface area contributed by atoms with Crippen LogP contribution in [0.3, 0.4) is 0 Å². The highest BCUT2D eigenvalue weighted by atomic mass is 35.5. The number of imidazole rings is 1. The van der Waals surface area contributed by atoms with Crippen molar-refractivity contribution >= 4 is 45.8 Å². The maximum atomic E-state index is 14.0. The second-order valence-corrected chi connectivity index (χ2v) is 9.97. The number of anilines is 2. The number of aromatic nitrogens is 4. The van der Waals surface area contributed by atoms with Gasteiger partial charge in [0.1, 0.15) is 10.8 Å². The first-order chi connectivity index (χ1) is 19.1. The zero-order valence-corrected chi connectivity index (χ0v) is 21.7. The number of nitrogens with zero attached hydrogens (tertiary/aromatic N) is 5. The van der Waals surface area contributed by atoms with Crippen LogP contribution in [0.2, 0.25) is 5.15 Å². The van der Waals surface area contributed by atoms with Crippen LogP contribution in [0.25, 0.3) is 16.6 Å². The van der Waals surface area contributed by atoms with E-state index < -0.39 is 60.3 Å².